The van der Waals surface area contributed by atoms with Crippen molar-refractivity contribution in [2.75, 3.05) is 6.61 Å². The number of benzene rings is 2. The monoisotopic (exact) mass is 384 g/mol. The molecule has 0 aliphatic rings. The molecule has 27 heavy (non-hydrogen) atoms. The van der Waals surface area contributed by atoms with E-state index >= 15 is 0 Å². The highest BCUT2D eigenvalue weighted by molar-refractivity contribution is 6.03. The van der Waals surface area contributed by atoms with Crippen LogP contribution >= 0.6 is 0 Å². The maximum atomic E-state index is 13.6. The van der Waals surface area contributed by atoms with Crippen molar-refractivity contribution >= 4 is 11.9 Å². The van der Waals surface area contributed by atoms with E-state index < -0.39 is 47.4 Å². The second kappa shape index (κ2) is 8.66. The Morgan fingerprint density at radius 3 is 2.00 bits per heavy atom. The summed E-state index contributed by atoms with van der Waals surface area (Å²) in [5.41, 5.74) is -0.908. The smallest absolute Gasteiger partial charge is 0.339 e. The quantitative estimate of drug-likeness (QED) is 0.320. The third kappa shape index (κ3) is 4.84. The Bertz CT molecular complexity index is 865. The summed E-state index contributed by atoms with van der Waals surface area (Å²) >= 11 is 0. The number of esters is 2. The van der Waals surface area contributed by atoms with Gasteiger partial charge in [0, 0.05) is 5.56 Å². The number of halogens is 4. The lowest BCUT2D eigenvalue weighted by molar-refractivity contribution is 0.0416. The number of ether oxygens (including phenoxy) is 2. The molecule has 0 heterocycles. The molecule has 0 aromatic heterocycles. The molecule has 0 aliphatic carbocycles. The summed E-state index contributed by atoms with van der Waals surface area (Å²) in [7, 11) is 0. The minimum absolute atomic E-state index is 0.0694. The molecule has 0 radical (unpaired) electrons. The van der Waals surface area contributed by atoms with Gasteiger partial charge in [-0.2, -0.15) is 0 Å². The standard InChI is InChI=1S/C19H16F4O4/c1-10(2)8-26-18(24)12-5-3-4-6-13(12)19(25)27-9-11-7-14(20)16(22)17(23)15(11)21/h3-7,10H,8-9H2,1-2H3. The molecule has 2 aromatic rings. The second-order valence-corrected chi connectivity index (χ2v) is 6.07. The molecule has 0 bridgehead atoms. The van der Waals surface area contributed by atoms with Crippen molar-refractivity contribution < 1.29 is 36.6 Å². The molecule has 0 unspecified atom stereocenters. The first-order valence-electron chi connectivity index (χ1n) is 7.97. The van der Waals surface area contributed by atoms with Gasteiger partial charge in [0.05, 0.1) is 17.7 Å². The summed E-state index contributed by atoms with van der Waals surface area (Å²) in [6.45, 7) is 2.96. The van der Waals surface area contributed by atoms with Crippen molar-refractivity contribution in [1.82, 2.24) is 0 Å². The van der Waals surface area contributed by atoms with Crippen LogP contribution in [0.1, 0.15) is 40.1 Å². The van der Waals surface area contributed by atoms with E-state index in [-0.39, 0.29) is 23.7 Å². The number of rotatable bonds is 6. The van der Waals surface area contributed by atoms with Gasteiger partial charge in [0.25, 0.3) is 0 Å². The molecular weight excluding hydrogens is 368 g/mol. The van der Waals surface area contributed by atoms with Gasteiger partial charge < -0.3 is 9.47 Å². The minimum atomic E-state index is -2.00. The van der Waals surface area contributed by atoms with Crippen LogP contribution in [0.5, 0.6) is 0 Å². The summed E-state index contributed by atoms with van der Waals surface area (Å²) in [5, 5.41) is 0. The lowest BCUT2D eigenvalue weighted by atomic mass is 10.1. The van der Waals surface area contributed by atoms with Crippen LogP contribution in [0, 0.1) is 29.2 Å². The fourth-order valence-electron chi connectivity index (χ4n) is 2.11. The minimum Gasteiger partial charge on any atom is -0.462 e. The van der Waals surface area contributed by atoms with E-state index in [0.29, 0.717) is 6.07 Å². The van der Waals surface area contributed by atoms with Gasteiger partial charge in [-0.25, -0.2) is 27.2 Å². The van der Waals surface area contributed by atoms with Crippen LogP contribution in [-0.4, -0.2) is 18.5 Å². The number of hydrogen-bond acceptors (Lipinski definition) is 4. The van der Waals surface area contributed by atoms with Crippen molar-refractivity contribution in [3.63, 3.8) is 0 Å². The van der Waals surface area contributed by atoms with Gasteiger partial charge in [-0.3, -0.25) is 0 Å². The van der Waals surface area contributed by atoms with Gasteiger partial charge >= 0.3 is 11.9 Å². The molecule has 144 valence electrons. The van der Waals surface area contributed by atoms with Crippen molar-refractivity contribution in [2.45, 2.75) is 20.5 Å². The van der Waals surface area contributed by atoms with Crippen molar-refractivity contribution in [3.05, 3.63) is 70.3 Å². The van der Waals surface area contributed by atoms with E-state index in [0.717, 1.165) is 0 Å². The molecule has 0 N–H and O–H groups in total. The molecule has 0 saturated carbocycles. The van der Waals surface area contributed by atoms with Gasteiger partial charge in [-0.1, -0.05) is 26.0 Å². The van der Waals surface area contributed by atoms with E-state index in [1.807, 2.05) is 13.8 Å². The lowest BCUT2D eigenvalue weighted by Crippen LogP contribution is -2.16. The molecule has 0 aliphatic heterocycles. The molecule has 0 amide bonds. The molecule has 2 aromatic carbocycles. The van der Waals surface area contributed by atoms with Crippen LogP contribution in [0.4, 0.5) is 17.6 Å². The molecule has 0 saturated heterocycles. The summed E-state index contributed by atoms with van der Waals surface area (Å²) in [5.74, 6) is -8.93. The third-order valence-corrected chi connectivity index (χ3v) is 3.45. The summed E-state index contributed by atoms with van der Waals surface area (Å²) < 4.78 is 62.9. The topological polar surface area (TPSA) is 52.6 Å². The highest BCUT2D eigenvalue weighted by Crippen LogP contribution is 2.20. The number of carbonyl (C=O) groups is 2. The Balaban J connectivity index is 2.17. The van der Waals surface area contributed by atoms with E-state index in [4.69, 9.17) is 9.47 Å². The molecule has 4 nitrogen and oxygen atoms in total. The van der Waals surface area contributed by atoms with Crippen molar-refractivity contribution in [2.24, 2.45) is 5.92 Å². The predicted molar refractivity (Wildman–Crippen MR) is 87.0 cm³/mol. The Labute approximate surface area is 152 Å². The number of hydrogen-bond donors (Lipinski definition) is 0. The van der Waals surface area contributed by atoms with Gasteiger partial charge in [0.2, 0.25) is 0 Å². The zero-order valence-electron chi connectivity index (χ0n) is 14.5. The summed E-state index contributed by atoms with van der Waals surface area (Å²) in [4.78, 5) is 24.3. The van der Waals surface area contributed by atoms with Gasteiger partial charge in [-0.05, 0) is 24.1 Å². The largest absolute Gasteiger partial charge is 0.462 e. The van der Waals surface area contributed by atoms with Crippen LogP contribution in [0.2, 0.25) is 0 Å². The Hall–Kier alpha value is -2.90. The Kier molecular flexibility index (Phi) is 6.55. The first-order valence-corrected chi connectivity index (χ1v) is 7.97. The van der Waals surface area contributed by atoms with E-state index in [1.165, 1.54) is 24.3 Å². The molecule has 0 fully saturated rings. The van der Waals surface area contributed by atoms with E-state index in [9.17, 15) is 27.2 Å². The Morgan fingerprint density at radius 1 is 0.889 bits per heavy atom. The molecule has 0 spiro atoms. The van der Waals surface area contributed by atoms with Crippen LogP contribution in [-0.2, 0) is 16.1 Å². The summed E-state index contributed by atoms with van der Waals surface area (Å²) in [6.07, 6.45) is 0. The molecule has 2 rings (SSSR count). The zero-order valence-corrected chi connectivity index (χ0v) is 14.5. The fourth-order valence-corrected chi connectivity index (χ4v) is 2.11. The van der Waals surface area contributed by atoms with Gasteiger partial charge in [-0.15, -0.1) is 0 Å². The SMILES string of the molecule is CC(C)COC(=O)c1ccccc1C(=O)OCc1cc(F)c(F)c(F)c1F. The summed E-state index contributed by atoms with van der Waals surface area (Å²) in [6, 6.07) is 6.00. The first-order chi connectivity index (χ1) is 12.7. The van der Waals surface area contributed by atoms with Gasteiger partial charge in [0.1, 0.15) is 6.61 Å². The zero-order chi connectivity index (χ0) is 20.1. The molecule has 0 atom stereocenters. The average molecular weight is 384 g/mol. The van der Waals surface area contributed by atoms with Crippen LogP contribution < -0.4 is 0 Å². The number of carbonyl (C=O) groups excluding carboxylic acids is 2. The molecular formula is C19H16F4O4. The highest BCUT2D eigenvalue weighted by Gasteiger charge is 2.22. The fraction of sp³-hybridized carbons (Fsp3) is 0.263. The van der Waals surface area contributed by atoms with Crippen molar-refractivity contribution in [3.8, 4) is 0 Å². The Morgan fingerprint density at radius 2 is 1.44 bits per heavy atom. The van der Waals surface area contributed by atoms with E-state index in [2.05, 4.69) is 0 Å². The lowest BCUT2D eigenvalue weighted by Gasteiger charge is -2.11. The highest BCUT2D eigenvalue weighted by atomic mass is 19.2. The second-order valence-electron chi connectivity index (χ2n) is 6.07. The van der Waals surface area contributed by atoms with Crippen LogP contribution in [0.3, 0.4) is 0 Å². The average Bonchev–Trinajstić information content (AvgIpc) is 2.65. The van der Waals surface area contributed by atoms with Crippen LogP contribution in [0.15, 0.2) is 30.3 Å². The maximum absolute atomic E-state index is 13.6. The van der Waals surface area contributed by atoms with Crippen LogP contribution in [0.25, 0.3) is 0 Å². The normalized spacial score (nSPS) is 10.8. The molecule has 8 heteroatoms. The predicted octanol–water partition coefficient (Wildman–Crippen LogP) is 4.41. The van der Waals surface area contributed by atoms with E-state index in [1.54, 1.807) is 0 Å². The van der Waals surface area contributed by atoms with Crippen molar-refractivity contribution in [1.29, 1.82) is 0 Å². The third-order valence-electron chi connectivity index (χ3n) is 3.45. The van der Waals surface area contributed by atoms with Gasteiger partial charge in [0.15, 0.2) is 23.3 Å². The maximum Gasteiger partial charge on any atom is 0.339 e. The first kappa shape index (κ1) is 20.4.